The lowest BCUT2D eigenvalue weighted by atomic mass is 9.32. The summed E-state index contributed by atoms with van der Waals surface area (Å²) in [7, 11) is 0. The van der Waals surface area contributed by atoms with Crippen molar-refractivity contribution >= 4 is 5.97 Å². The summed E-state index contributed by atoms with van der Waals surface area (Å²) in [6.45, 7) is 14.6. The van der Waals surface area contributed by atoms with E-state index in [4.69, 9.17) is 0 Å². The van der Waals surface area contributed by atoms with Crippen molar-refractivity contribution in [3.8, 4) is 0 Å². The average molecular weight is 475 g/mol. The predicted molar refractivity (Wildman–Crippen MR) is 134 cm³/mol. The highest BCUT2D eigenvalue weighted by atomic mass is 16.4. The van der Waals surface area contributed by atoms with Crippen molar-refractivity contribution in [2.75, 3.05) is 6.61 Å². The smallest absolute Gasteiger partial charge is 0.309 e. The minimum absolute atomic E-state index is 0.0375. The number of carboxylic acids is 1. The Hall–Kier alpha value is -0.610. The minimum atomic E-state index is -0.584. The number of carboxylic acid groups (broad SMARTS) is 1. The van der Waals surface area contributed by atoms with Gasteiger partial charge < -0.3 is 15.3 Å². The molecule has 5 saturated carbocycles. The topological polar surface area (TPSA) is 77.8 Å². The largest absolute Gasteiger partial charge is 0.481 e. The molecule has 0 radical (unpaired) electrons. The minimum Gasteiger partial charge on any atom is -0.481 e. The Bertz CT molecular complexity index is 838. The summed E-state index contributed by atoms with van der Waals surface area (Å²) >= 11 is 0. The van der Waals surface area contributed by atoms with Crippen LogP contribution in [0.2, 0.25) is 0 Å². The van der Waals surface area contributed by atoms with Crippen LogP contribution in [0.4, 0.5) is 0 Å². The molecule has 0 aromatic heterocycles. The highest BCUT2D eigenvalue weighted by Gasteiger charge is 2.72. The van der Waals surface area contributed by atoms with Crippen LogP contribution in [0.1, 0.15) is 106 Å². The molecule has 4 nitrogen and oxygen atoms in total. The number of fused-ring (bicyclic) bond motifs is 7. The van der Waals surface area contributed by atoms with Gasteiger partial charge >= 0.3 is 5.97 Å². The fourth-order valence-corrected chi connectivity index (χ4v) is 11.8. The molecule has 5 aliphatic rings. The van der Waals surface area contributed by atoms with Crippen LogP contribution in [0.15, 0.2) is 0 Å². The molecule has 5 aliphatic carbocycles. The summed E-state index contributed by atoms with van der Waals surface area (Å²) in [5.41, 5.74) is -0.0203. The standard InChI is InChI=1S/C30H50O4/c1-18(17-31)19-9-14-30(25(33)34)16-15-28(5)20(24(19)30)7-8-22-27(4)12-11-23(32)26(2,3)21(27)10-13-29(22,28)6/h18-24,31-32H,7-17H2,1-6H3,(H,33,34)/t18?,19-,20?,21-,22+,23-,24-,27-,28+,29+,30-/m0/s1. The van der Waals surface area contributed by atoms with E-state index in [0.717, 1.165) is 44.9 Å². The van der Waals surface area contributed by atoms with Crippen LogP contribution in [0.5, 0.6) is 0 Å². The van der Waals surface area contributed by atoms with Crippen LogP contribution < -0.4 is 0 Å². The molecule has 3 N–H and O–H groups in total. The zero-order valence-corrected chi connectivity index (χ0v) is 22.6. The van der Waals surface area contributed by atoms with Crippen molar-refractivity contribution in [2.24, 2.45) is 62.6 Å². The van der Waals surface area contributed by atoms with Crippen LogP contribution >= 0.6 is 0 Å². The van der Waals surface area contributed by atoms with Gasteiger partial charge in [-0.15, -0.1) is 0 Å². The van der Waals surface area contributed by atoms with E-state index in [0.29, 0.717) is 23.7 Å². The van der Waals surface area contributed by atoms with Crippen molar-refractivity contribution < 1.29 is 20.1 Å². The van der Waals surface area contributed by atoms with E-state index >= 15 is 0 Å². The van der Waals surface area contributed by atoms with Crippen molar-refractivity contribution in [3.05, 3.63) is 0 Å². The molecule has 0 aliphatic heterocycles. The molecule has 0 bridgehead atoms. The van der Waals surface area contributed by atoms with Crippen LogP contribution in [0, 0.1) is 62.6 Å². The van der Waals surface area contributed by atoms with Gasteiger partial charge in [-0.1, -0.05) is 41.5 Å². The molecule has 0 amide bonds. The van der Waals surface area contributed by atoms with Gasteiger partial charge in [0, 0.05) is 6.61 Å². The van der Waals surface area contributed by atoms with Gasteiger partial charge in [0.2, 0.25) is 0 Å². The molecule has 0 aromatic rings. The van der Waals surface area contributed by atoms with Crippen molar-refractivity contribution in [1.29, 1.82) is 0 Å². The Balaban J connectivity index is 1.55. The molecule has 11 atom stereocenters. The Labute approximate surface area is 207 Å². The quantitative estimate of drug-likeness (QED) is 0.459. The molecule has 2 unspecified atom stereocenters. The third kappa shape index (κ3) is 2.88. The first-order valence-corrected chi connectivity index (χ1v) is 14.3. The number of aliphatic hydroxyl groups excluding tert-OH is 2. The molecule has 0 heterocycles. The number of aliphatic carboxylic acids is 1. The zero-order chi connectivity index (χ0) is 24.9. The first kappa shape index (κ1) is 25.1. The highest BCUT2D eigenvalue weighted by Crippen LogP contribution is 2.77. The lowest BCUT2D eigenvalue weighted by Gasteiger charge is -2.72. The van der Waals surface area contributed by atoms with Gasteiger partial charge in [0.1, 0.15) is 0 Å². The SMILES string of the molecule is CC(CO)[C@@H]1CC[C@]2(C(=O)O)CC[C@]3(C)C(CC[C@@H]4[C@@]5(C)CC[C@H](O)C(C)(C)[C@@H]5CC[C@]43C)[C@H]12. The number of rotatable bonds is 3. The maximum absolute atomic E-state index is 12.8. The molecule has 34 heavy (non-hydrogen) atoms. The predicted octanol–water partition coefficient (Wildman–Crippen LogP) is 6.14. The van der Waals surface area contributed by atoms with Gasteiger partial charge in [0.15, 0.2) is 0 Å². The van der Waals surface area contributed by atoms with E-state index in [1.165, 1.54) is 19.3 Å². The molecule has 5 rings (SSSR count). The van der Waals surface area contributed by atoms with E-state index in [1.54, 1.807) is 0 Å². The fourth-order valence-electron chi connectivity index (χ4n) is 11.8. The molecule has 0 saturated heterocycles. The van der Waals surface area contributed by atoms with E-state index in [2.05, 4.69) is 41.5 Å². The molecular weight excluding hydrogens is 424 g/mol. The molecule has 5 fully saturated rings. The molecule has 194 valence electrons. The maximum Gasteiger partial charge on any atom is 0.309 e. The number of aliphatic hydroxyl groups is 2. The molecule has 0 aromatic carbocycles. The summed E-state index contributed by atoms with van der Waals surface area (Å²) in [6.07, 6.45) is 10.1. The molecule has 4 heteroatoms. The second-order valence-corrected chi connectivity index (χ2v) is 14.9. The van der Waals surface area contributed by atoms with Gasteiger partial charge in [0.25, 0.3) is 0 Å². The van der Waals surface area contributed by atoms with Crippen LogP contribution in [0.25, 0.3) is 0 Å². The Morgan fingerprint density at radius 1 is 0.853 bits per heavy atom. The van der Waals surface area contributed by atoms with E-state index < -0.39 is 11.4 Å². The second kappa shape index (κ2) is 7.70. The van der Waals surface area contributed by atoms with E-state index in [9.17, 15) is 20.1 Å². The van der Waals surface area contributed by atoms with Crippen LogP contribution in [-0.4, -0.2) is 34.0 Å². The van der Waals surface area contributed by atoms with Gasteiger partial charge in [0.05, 0.1) is 11.5 Å². The van der Waals surface area contributed by atoms with Gasteiger partial charge in [-0.3, -0.25) is 4.79 Å². The summed E-state index contributed by atoms with van der Waals surface area (Å²) in [5, 5.41) is 31.5. The number of hydrogen-bond donors (Lipinski definition) is 3. The Morgan fingerprint density at radius 3 is 2.21 bits per heavy atom. The van der Waals surface area contributed by atoms with Crippen LogP contribution in [-0.2, 0) is 4.79 Å². The molecular formula is C30H50O4. The zero-order valence-electron chi connectivity index (χ0n) is 22.6. The second-order valence-electron chi connectivity index (χ2n) is 14.9. The summed E-state index contributed by atoms with van der Waals surface area (Å²) in [4.78, 5) is 12.8. The summed E-state index contributed by atoms with van der Waals surface area (Å²) in [6, 6.07) is 0. The van der Waals surface area contributed by atoms with Crippen molar-refractivity contribution in [2.45, 2.75) is 112 Å². The fraction of sp³-hybridized carbons (Fsp3) is 0.967. The average Bonchev–Trinajstić information content (AvgIpc) is 3.18. The monoisotopic (exact) mass is 474 g/mol. The number of carbonyl (C=O) groups is 1. The molecule has 0 spiro atoms. The van der Waals surface area contributed by atoms with Gasteiger partial charge in [-0.2, -0.15) is 0 Å². The Morgan fingerprint density at radius 2 is 1.56 bits per heavy atom. The lowest BCUT2D eigenvalue weighted by Crippen LogP contribution is -2.67. The Kier molecular flexibility index (Phi) is 5.67. The maximum atomic E-state index is 12.8. The number of hydrogen-bond acceptors (Lipinski definition) is 3. The first-order chi connectivity index (χ1) is 15.8. The van der Waals surface area contributed by atoms with E-state index in [1.807, 2.05) is 0 Å². The normalized spacial score (nSPS) is 54.8. The van der Waals surface area contributed by atoms with Crippen molar-refractivity contribution in [1.82, 2.24) is 0 Å². The third-order valence-electron chi connectivity index (χ3n) is 13.9. The highest BCUT2D eigenvalue weighted by molar-refractivity contribution is 5.76. The van der Waals surface area contributed by atoms with Crippen LogP contribution in [0.3, 0.4) is 0 Å². The van der Waals surface area contributed by atoms with E-state index in [-0.39, 0.29) is 46.2 Å². The summed E-state index contributed by atoms with van der Waals surface area (Å²) < 4.78 is 0. The van der Waals surface area contributed by atoms with Gasteiger partial charge in [-0.05, 0) is 121 Å². The summed E-state index contributed by atoms with van der Waals surface area (Å²) in [5.74, 6) is 1.74. The lowest BCUT2D eigenvalue weighted by molar-refractivity contribution is -0.249. The third-order valence-corrected chi connectivity index (χ3v) is 13.9. The van der Waals surface area contributed by atoms with Crippen molar-refractivity contribution in [3.63, 3.8) is 0 Å². The first-order valence-electron chi connectivity index (χ1n) is 14.3. The van der Waals surface area contributed by atoms with Gasteiger partial charge in [-0.25, -0.2) is 0 Å².